The van der Waals surface area contributed by atoms with Gasteiger partial charge in [0.25, 0.3) is 0 Å². The minimum absolute atomic E-state index is 0.0133. The fraction of sp³-hybridized carbons (Fsp3) is 0.389. The third kappa shape index (κ3) is 3.51. The Kier molecular flexibility index (Phi) is 4.88. The van der Waals surface area contributed by atoms with Crippen LogP contribution in [0.1, 0.15) is 12.1 Å². The summed E-state index contributed by atoms with van der Waals surface area (Å²) in [5, 5.41) is 2.90. The lowest BCUT2D eigenvalue weighted by atomic mass is 10.00. The summed E-state index contributed by atoms with van der Waals surface area (Å²) >= 11 is 0. The van der Waals surface area contributed by atoms with Crippen molar-refractivity contribution in [3.05, 3.63) is 42.5 Å². The first-order valence-electron chi connectivity index (χ1n) is 8.11. The van der Waals surface area contributed by atoms with Crippen molar-refractivity contribution in [2.45, 2.75) is 24.8 Å². The standard InChI is InChI=1S/C18H18F5N3/c1-10(18(21,22)23)17-11-4-3-5-15(16(11)12(19)8-24-17)25-14-6-7-26(2)9-13(14)20/h3-5,8,13-14,25H,1,6-7,9H2,2H3/t13-,14+/m0/s1. The zero-order valence-electron chi connectivity index (χ0n) is 14.1. The molecule has 2 atom stereocenters. The van der Waals surface area contributed by atoms with Gasteiger partial charge in [-0.2, -0.15) is 13.2 Å². The SMILES string of the molecule is C=C(c1ncc(F)c2c(N[C@@H]3CCN(C)C[C@@H]3F)cccc12)C(F)(F)F. The highest BCUT2D eigenvalue weighted by atomic mass is 19.4. The first kappa shape index (κ1) is 18.6. The number of fused-ring (bicyclic) bond motifs is 1. The highest BCUT2D eigenvalue weighted by Crippen LogP contribution is 2.37. The average molecular weight is 371 g/mol. The number of pyridine rings is 1. The number of nitrogens with zero attached hydrogens (tertiary/aromatic N) is 2. The molecular weight excluding hydrogens is 353 g/mol. The maximum atomic E-state index is 14.4. The molecule has 0 aliphatic carbocycles. The molecule has 0 amide bonds. The Labute approximate surface area is 147 Å². The number of anilines is 1. The molecule has 0 radical (unpaired) electrons. The van der Waals surface area contributed by atoms with Gasteiger partial charge >= 0.3 is 6.18 Å². The van der Waals surface area contributed by atoms with E-state index < -0.39 is 35.5 Å². The molecule has 0 spiro atoms. The molecule has 0 bridgehead atoms. The largest absolute Gasteiger partial charge is 0.417 e. The van der Waals surface area contributed by atoms with Crippen molar-refractivity contribution in [3.63, 3.8) is 0 Å². The lowest BCUT2D eigenvalue weighted by molar-refractivity contribution is -0.0688. The Morgan fingerprint density at radius 2 is 2.08 bits per heavy atom. The van der Waals surface area contributed by atoms with Crippen molar-refractivity contribution in [1.82, 2.24) is 9.88 Å². The van der Waals surface area contributed by atoms with E-state index in [1.807, 2.05) is 4.90 Å². The second-order valence-corrected chi connectivity index (χ2v) is 6.48. The van der Waals surface area contributed by atoms with Crippen LogP contribution in [-0.2, 0) is 0 Å². The van der Waals surface area contributed by atoms with Gasteiger partial charge in [0.05, 0.1) is 23.5 Å². The first-order chi connectivity index (χ1) is 12.2. The van der Waals surface area contributed by atoms with Crippen LogP contribution in [0.2, 0.25) is 0 Å². The number of allylic oxidation sites excluding steroid dienone is 1. The monoisotopic (exact) mass is 371 g/mol. The number of hydrogen-bond donors (Lipinski definition) is 1. The van der Waals surface area contributed by atoms with E-state index in [2.05, 4.69) is 16.9 Å². The van der Waals surface area contributed by atoms with Crippen LogP contribution >= 0.6 is 0 Å². The Morgan fingerprint density at radius 3 is 2.73 bits per heavy atom. The van der Waals surface area contributed by atoms with Crippen molar-refractivity contribution in [1.29, 1.82) is 0 Å². The third-order valence-corrected chi connectivity index (χ3v) is 4.58. The van der Waals surface area contributed by atoms with Gasteiger partial charge in [0.1, 0.15) is 6.17 Å². The van der Waals surface area contributed by atoms with Crippen molar-refractivity contribution in [2.24, 2.45) is 0 Å². The van der Waals surface area contributed by atoms with E-state index in [-0.39, 0.29) is 23.0 Å². The molecule has 2 heterocycles. The third-order valence-electron chi connectivity index (χ3n) is 4.58. The molecule has 1 saturated heterocycles. The van der Waals surface area contributed by atoms with Crippen LogP contribution in [0.3, 0.4) is 0 Å². The summed E-state index contributed by atoms with van der Waals surface area (Å²) in [7, 11) is 1.81. The molecule has 1 N–H and O–H groups in total. The minimum atomic E-state index is -4.68. The molecule has 26 heavy (non-hydrogen) atoms. The van der Waals surface area contributed by atoms with Gasteiger partial charge in [0.2, 0.25) is 0 Å². The lowest BCUT2D eigenvalue weighted by Gasteiger charge is -2.33. The summed E-state index contributed by atoms with van der Waals surface area (Å²) in [6.07, 6.45) is -4.61. The topological polar surface area (TPSA) is 28.2 Å². The predicted molar refractivity (Wildman–Crippen MR) is 91.2 cm³/mol. The van der Waals surface area contributed by atoms with Crippen molar-refractivity contribution >= 4 is 22.0 Å². The van der Waals surface area contributed by atoms with Gasteiger partial charge in [0, 0.05) is 29.5 Å². The molecule has 3 rings (SSSR count). The second kappa shape index (κ2) is 6.83. The Bertz CT molecular complexity index is 833. The number of likely N-dealkylation sites (tertiary alicyclic amines) is 1. The fourth-order valence-electron chi connectivity index (χ4n) is 3.18. The van der Waals surface area contributed by atoms with Crippen LogP contribution in [0.25, 0.3) is 16.3 Å². The van der Waals surface area contributed by atoms with Crippen LogP contribution in [-0.4, -0.2) is 48.4 Å². The van der Waals surface area contributed by atoms with Gasteiger partial charge in [-0.15, -0.1) is 0 Å². The first-order valence-corrected chi connectivity index (χ1v) is 8.11. The smallest absolute Gasteiger partial charge is 0.379 e. The van der Waals surface area contributed by atoms with Crippen LogP contribution in [0.4, 0.5) is 27.6 Å². The molecule has 0 unspecified atom stereocenters. The van der Waals surface area contributed by atoms with E-state index >= 15 is 0 Å². The van der Waals surface area contributed by atoms with Gasteiger partial charge in [-0.25, -0.2) is 8.78 Å². The second-order valence-electron chi connectivity index (χ2n) is 6.48. The maximum Gasteiger partial charge on any atom is 0.417 e. The summed E-state index contributed by atoms with van der Waals surface area (Å²) in [5.41, 5.74) is -1.34. The maximum absolute atomic E-state index is 14.4. The van der Waals surface area contributed by atoms with E-state index in [9.17, 15) is 22.0 Å². The molecule has 140 valence electrons. The summed E-state index contributed by atoms with van der Waals surface area (Å²) < 4.78 is 67.7. The zero-order valence-corrected chi connectivity index (χ0v) is 14.1. The van der Waals surface area contributed by atoms with E-state index in [4.69, 9.17) is 0 Å². The molecule has 1 fully saturated rings. The summed E-state index contributed by atoms with van der Waals surface area (Å²) in [6.45, 7) is 3.95. The summed E-state index contributed by atoms with van der Waals surface area (Å²) in [5.74, 6) is -0.773. The van der Waals surface area contributed by atoms with Crippen LogP contribution in [0.5, 0.6) is 0 Å². The van der Waals surface area contributed by atoms with Crippen LogP contribution < -0.4 is 5.32 Å². The zero-order chi connectivity index (χ0) is 19.1. The van der Waals surface area contributed by atoms with Gasteiger partial charge in [-0.05, 0) is 19.5 Å². The number of aromatic nitrogens is 1. The molecule has 1 aromatic heterocycles. The molecular formula is C18H18F5N3. The fourth-order valence-corrected chi connectivity index (χ4v) is 3.18. The number of halogens is 5. The van der Waals surface area contributed by atoms with Gasteiger partial charge in [0.15, 0.2) is 5.82 Å². The summed E-state index contributed by atoms with van der Waals surface area (Å²) in [4.78, 5) is 5.43. The van der Waals surface area contributed by atoms with E-state index in [1.165, 1.54) is 18.2 Å². The Balaban J connectivity index is 2.04. The van der Waals surface area contributed by atoms with Crippen LogP contribution in [0, 0.1) is 5.82 Å². The normalized spacial score (nSPS) is 21.8. The predicted octanol–water partition coefficient (Wildman–Crippen LogP) is 4.40. The Morgan fingerprint density at radius 1 is 1.35 bits per heavy atom. The van der Waals surface area contributed by atoms with Gasteiger partial charge in [-0.3, -0.25) is 4.98 Å². The molecule has 0 saturated carbocycles. The number of alkyl halides is 4. The molecule has 8 heteroatoms. The number of rotatable bonds is 3. The Hall–Kier alpha value is -2.22. The van der Waals surface area contributed by atoms with Crippen molar-refractivity contribution < 1.29 is 22.0 Å². The number of hydrogen-bond acceptors (Lipinski definition) is 3. The molecule has 3 nitrogen and oxygen atoms in total. The highest BCUT2D eigenvalue weighted by Gasteiger charge is 2.35. The van der Waals surface area contributed by atoms with E-state index in [1.54, 1.807) is 7.05 Å². The van der Waals surface area contributed by atoms with E-state index in [0.717, 1.165) is 6.20 Å². The number of piperidine rings is 1. The molecule has 1 aliphatic heterocycles. The summed E-state index contributed by atoms with van der Waals surface area (Å²) in [6, 6.07) is 3.82. The van der Waals surface area contributed by atoms with Gasteiger partial charge in [-0.1, -0.05) is 18.7 Å². The number of nitrogens with one attached hydrogen (secondary N) is 1. The lowest BCUT2D eigenvalue weighted by Crippen LogP contribution is -2.46. The minimum Gasteiger partial charge on any atom is -0.379 e. The molecule has 1 aliphatic rings. The van der Waals surface area contributed by atoms with Crippen molar-refractivity contribution in [3.8, 4) is 0 Å². The molecule has 1 aromatic carbocycles. The molecule has 2 aromatic rings. The highest BCUT2D eigenvalue weighted by molar-refractivity contribution is 6.00. The number of benzene rings is 1. The van der Waals surface area contributed by atoms with Crippen LogP contribution in [0.15, 0.2) is 31.0 Å². The quantitative estimate of drug-likeness (QED) is 0.811. The van der Waals surface area contributed by atoms with Crippen molar-refractivity contribution in [2.75, 3.05) is 25.5 Å². The van der Waals surface area contributed by atoms with E-state index in [0.29, 0.717) is 13.0 Å². The van der Waals surface area contributed by atoms with Gasteiger partial charge < -0.3 is 10.2 Å². The average Bonchev–Trinajstić information content (AvgIpc) is 2.56.